The van der Waals surface area contributed by atoms with Gasteiger partial charge in [-0.25, -0.2) is 4.98 Å². The molecule has 0 bridgehead atoms. The van der Waals surface area contributed by atoms with Gasteiger partial charge in [-0.3, -0.25) is 4.57 Å². The van der Waals surface area contributed by atoms with Crippen LogP contribution in [0.4, 0.5) is 0 Å². The summed E-state index contributed by atoms with van der Waals surface area (Å²) in [6.45, 7) is 4.00. The van der Waals surface area contributed by atoms with Crippen LogP contribution in [0, 0.1) is 0 Å². The van der Waals surface area contributed by atoms with Crippen LogP contribution >= 0.6 is 0 Å². The van der Waals surface area contributed by atoms with E-state index in [0.717, 1.165) is 88.3 Å². The minimum atomic E-state index is 0.561. The zero-order chi connectivity index (χ0) is 39.0. The molecule has 0 spiro atoms. The van der Waals surface area contributed by atoms with Crippen molar-refractivity contribution in [2.45, 2.75) is 13.8 Å². The summed E-state index contributed by atoms with van der Waals surface area (Å²) >= 11 is 0. The first-order valence-electron chi connectivity index (χ1n) is 19.8. The van der Waals surface area contributed by atoms with Gasteiger partial charge < -0.3 is 4.42 Å². The molecule has 0 unspecified atom stereocenters. The number of benzene rings is 8. The monoisotopic (exact) mass is 746 g/mol. The lowest BCUT2D eigenvalue weighted by Gasteiger charge is -2.14. The molecule has 0 aliphatic rings. The lowest BCUT2D eigenvalue weighted by molar-refractivity contribution is 0.669. The Morgan fingerprint density at radius 1 is 0.379 bits per heavy atom. The third-order valence-electron chi connectivity index (χ3n) is 10.7. The average Bonchev–Trinajstić information content (AvgIpc) is 3.86. The van der Waals surface area contributed by atoms with Gasteiger partial charge in [-0.05, 0) is 52.1 Å². The summed E-state index contributed by atoms with van der Waals surface area (Å²) in [6, 6.07) is 67.4. The van der Waals surface area contributed by atoms with Gasteiger partial charge in [0.25, 0.3) is 0 Å². The van der Waals surface area contributed by atoms with E-state index < -0.39 is 0 Å². The zero-order valence-electron chi connectivity index (χ0n) is 32.2. The topological polar surface area (TPSA) is 56.7 Å². The molecule has 0 atom stereocenters. The molecule has 5 nitrogen and oxygen atoms in total. The van der Waals surface area contributed by atoms with Gasteiger partial charge >= 0.3 is 0 Å². The number of fused-ring (bicyclic) bond motifs is 6. The molecule has 0 saturated carbocycles. The van der Waals surface area contributed by atoms with Crippen LogP contribution in [-0.4, -0.2) is 19.5 Å². The lowest BCUT2D eigenvalue weighted by Crippen LogP contribution is -2.07. The molecule has 0 radical (unpaired) electrons. The van der Waals surface area contributed by atoms with Gasteiger partial charge in [-0.15, -0.1) is 0 Å². The number of hydrogen-bond donors (Lipinski definition) is 0. The quantitative estimate of drug-likeness (QED) is 0.170. The summed E-state index contributed by atoms with van der Waals surface area (Å²) in [6.07, 6.45) is 0. The maximum absolute atomic E-state index is 6.27. The van der Waals surface area contributed by atoms with Gasteiger partial charge in [0, 0.05) is 38.2 Å². The van der Waals surface area contributed by atoms with E-state index >= 15 is 0 Å². The molecule has 0 aliphatic carbocycles. The smallest absolute Gasteiger partial charge is 0.238 e. The number of aromatic nitrogens is 4. The fourth-order valence-corrected chi connectivity index (χ4v) is 8.08. The molecule has 8 aromatic carbocycles. The third kappa shape index (κ3) is 6.01. The second-order valence-corrected chi connectivity index (χ2v) is 14.0. The van der Waals surface area contributed by atoms with Gasteiger partial charge in [0.15, 0.2) is 11.6 Å². The molecule has 58 heavy (non-hydrogen) atoms. The van der Waals surface area contributed by atoms with Crippen LogP contribution in [-0.2, 0) is 0 Å². The van der Waals surface area contributed by atoms with Gasteiger partial charge in [-0.1, -0.05) is 184 Å². The van der Waals surface area contributed by atoms with Crippen LogP contribution in [0.3, 0.4) is 0 Å². The number of nitrogens with zero attached hydrogens (tertiary/aromatic N) is 4. The van der Waals surface area contributed by atoms with Crippen molar-refractivity contribution in [2.24, 2.45) is 0 Å². The summed E-state index contributed by atoms with van der Waals surface area (Å²) in [5, 5.41) is 4.49. The van der Waals surface area contributed by atoms with Crippen LogP contribution in [0.25, 0.3) is 106 Å². The first-order chi connectivity index (χ1) is 28.8. The zero-order valence-corrected chi connectivity index (χ0v) is 32.2. The SMILES string of the molecule is CC.c1ccc(-c2ccc(-c3nc(-c4ccccc4)nc(-n4c5ccccc5c5cccc(-c6cccc(-c7cccc8oc9ccccc9c78)c6)c54)n3)cc2)cc1. The van der Waals surface area contributed by atoms with E-state index in [1.54, 1.807) is 0 Å². The van der Waals surface area contributed by atoms with Crippen molar-refractivity contribution >= 4 is 43.7 Å². The second-order valence-electron chi connectivity index (χ2n) is 14.0. The van der Waals surface area contributed by atoms with Crippen molar-refractivity contribution in [2.75, 3.05) is 0 Å². The summed E-state index contributed by atoms with van der Waals surface area (Å²) in [5.74, 6) is 1.79. The van der Waals surface area contributed by atoms with Crippen molar-refractivity contribution in [1.82, 2.24) is 19.5 Å². The number of hydrogen-bond acceptors (Lipinski definition) is 4. The fourth-order valence-electron chi connectivity index (χ4n) is 8.08. The Morgan fingerprint density at radius 3 is 1.64 bits per heavy atom. The molecule has 0 amide bonds. The predicted octanol–water partition coefficient (Wildman–Crippen LogP) is 14.2. The lowest BCUT2D eigenvalue weighted by atomic mass is 9.95. The molecular weight excluding hydrogens is 709 g/mol. The number of furan rings is 1. The summed E-state index contributed by atoms with van der Waals surface area (Å²) in [5.41, 5.74) is 12.4. The van der Waals surface area contributed by atoms with E-state index in [0.29, 0.717) is 17.6 Å². The molecule has 0 fully saturated rings. The van der Waals surface area contributed by atoms with Crippen LogP contribution in [0.5, 0.6) is 0 Å². The molecule has 5 heteroatoms. The second kappa shape index (κ2) is 14.8. The van der Waals surface area contributed by atoms with Crippen LogP contribution in [0.15, 0.2) is 199 Å². The van der Waals surface area contributed by atoms with Gasteiger partial charge in [-0.2, -0.15) is 9.97 Å². The van der Waals surface area contributed by atoms with Crippen LogP contribution in [0.1, 0.15) is 13.8 Å². The highest BCUT2D eigenvalue weighted by Gasteiger charge is 2.21. The highest BCUT2D eigenvalue weighted by atomic mass is 16.3. The Labute approximate surface area is 336 Å². The molecule has 3 aromatic heterocycles. The minimum Gasteiger partial charge on any atom is -0.456 e. The molecule has 0 N–H and O–H groups in total. The Morgan fingerprint density at radius 2 is 0.879 bits per heavy atom. The van der Waals surface area contributed by atoms with Gasteiger partial charge in [0.1, 0.15) is 11.2 Å². The van der Waals surface area contributed by atoms with Crippen molar-refractivity contribution < 1.29 is 4.42 Å². The predicted molar refractivity (Wildman–Crippen MR) is 240 cm³/mol. The van der Waals surface area contributed by atoms with Crippen molar-refractivity contribution in [3.05, 3.63) is 194 Å². The van der Waals surface area contributed by atoms with Crippen LogP contribution in [0.2, 0.25) is 0 Å². The highest BCUT2D eigenvalue weighted by Crippen LogP contribution is 2.41. The van der Waals surface area contributed by atoms with E-state index in [1.165, 1.54) is 0 Å². The van der Waals surface area contributed by atoms with E-state index in [9.17, 15) is 0 Å². The summed E-state index contributed by atoms with van der Waals surface area (Å²) < 4.78 is 8.49. The largest absolute Gasteiger partial charge is 0.456 e. The van der Waals surface area contributed by atoms with E-state index in [2.05, 4.69) is 144 Å². The maximum atomic E-state index is 6.27. The molecule has 3 heterocycles. The normalized spacial score (nSPS) is 11.3. The molecule has 11 rings (SSSR count). The maximum Gasteiger partial charge on any atom is 0.238 e. The van der Waals surface area contributed by atoms with Crippen molar-refractivity contribution in [1.29, 1.82) is 0 Å². The average molecular weight is 747 g/mol. The van der Waals surface area contributed by atoms with Gasteiger partial charge in [0.2, 0.25) is 5.95 Å². The molecule has 0 saturated heterocycles. The third-order valence-corrected chi connectivity index (χ3v) is 10.7. The Bertz CT molecular complexity index is 3240. The van der Waals surface area contributed by atoms with Crippen LogP contribution < -0.4 is 0 Å². The summed E-state index contributed by atoms with van der Waals surface area (Å²) in [4.78, 5) is 15.6. The number of rotatable bonds is 6. The first-order valence-corrected chi connectivity index (χ1v) is 19.8. The van der Waals surface area contributed by atoms with Crippen molar-refractivity contribution in [3.63, 3.8) is 0 Å². The Hall–Kier alpha value is -7.63. The molecule has 0 aliphatic heterocycles. The van der Waals surface area contributed by atoms with E-state index in [-0.39, 0.29) is 0 Å². The standard InChI is InChI=1S/C51H32N4O.C2H6/c1-3-14-33(15-4-1)34-28-30-36(31-29-34)50-52-49(35-16-5-2-6-17-35)53-51(54-50)55-44-25-9-7-20-41(44)42-24-12-23-40(48(42)55)38-19-11-18-37(32-38)39-22-13-27-46-47(39)43-21-8-10-26-45(43)56-46;1-2/h1-32H;1-2H3. The van der Waals surface area contributed by atoms with Gasteiger partial charge in [0.05, 0.1) is 11.0 Å². The molecule has 11 aromatic rings. The first kappa shape index (κ1) is 34.8. The van der Waals surface area contributed by atoms with E-state index in [4.69, 9.17) is 19.4 Å². The van der Waals surface area contributed by atoms with Crippen molar-refractivity contribution in [3.8, 4) is 62.1 Å². The minimum absolute atomic E-state index is 0.561. The van der Waals surface area contributed by atoms with E-state index in [1.807, 2.05) is 68.4 Å². The fraction of sp³-hybridized carbons (Fsp3) is 0.0377. The molecular formula is C53H38N4O. The Balaban J connectivity index is 0.00000201. The molecule has 276 valence electrons. The summed E-state index contributed by atoms with van der Waals surface area (Å²) in [7, 11) is 0. The Kier molecular flexibility index (Phi) is 8.88. The highest BCUT2D eigenvalue weighted by molar-refractivity contribution is 6.15. The number of para-hydroxylation sites is 3.